The molecule has 138 valence electrons. The number of carbonyl (C=O) groups is 2. The van der Waals surface area contributed by atoms with Crippen molar-refractivity contribution >= 4 is 23.2 Å². The lowest BCUT2D eigenvalue weighted by molar-refractivity contribution is 0.0973. The molecule has 0 fully saturated rings. The number of Topliss-reactive ketones (excluding diaryl/α,β-unsaturated/α-hetero) is 1. The Bertz CT molecular complexity index is 1140. The van der Waals surface area contributed by atoms with Crippen LogP contribution in [-0.4, -0.2) is 22.5 Å². The van der Waals surface area contributed by atoms with E-state index in [1.165, 1.54) is 24.6 Å². The van der Waals surface area contributed by atoms with Gasteiger partial charge < -0.3 is 14.7 Å². The molecule has 1 amide bonds. The first-order valence-electron chi connectivity index (χ1n) is 8.56. The Morgan fingerprint density at radius 3 is 2.50 bits per heavy atom. The highest BCUT2D eigenvalue weighted by Crippen LogP contribution is 2.31. The molecule has 0 saturated heterocycles. The minimum atomic E-state index is -0.429. The molecule has 0 bridgehead atoms. The second-order valence-corrected chi connectivity index (χ2v) is 6.13. The summed E-state index contributed by atoms with van der Waals surface area (Å²) in [5, 5.41) is 2.70. The third-order valence-corrected chi connectivity index (χ3v) is 4.25. The molecule has 0 saturated carbocycles. The van der Waals surface area contributed by atoms with Crippen molar-refractivity contribution in [3.8, 4) is 0 Å². The predicted octanol–water partition coefficient (Wildman–Crippen LogP) is 2.79. The third kappa shape index (κ3) is 3.45. The van der Waals surface area contributed by atoms with E-state index in [0.717, 1.165) is 0 Å². The first-order chi connectivity index (χ1) is 13.6. The molecule has 0 aliphatic carbocycles. The number of amidine groups is 1. The van der Waals surface area contributed by atoms with Crippen LogP contribution in [-0.2, 0) is 0 Å². The van der Waals surface area contributed by atoms with Crippen LogP contribution in [0.5, 0.6) is 0 Å². The van der Waals surface area contributed by atoms with Gasteiger partial charge in [-0.15, -0.1) is 0 Å². The number of nitrogens with one attached hydrogen (secondary N) is 2. The Kier molecular flexibility index (Phi) is 4.55. The van der Waals surface area contributed by atoms with Gasteiger partial charge in [0.15, 0.2) is 11.5 Å². The molecule has 0 spiro atoms. The SMILES string of the molecule is O=C(NC1=NC(c2ccco2)=C(C(=O)c2ccccc2)C1)c1ccc(=O)[nH]c1. The topological polar surface area (TPSA) is 105 Å². The van der Waals surface area contributed by atoms with Gasteiger partial charge in [0, 0.05) is 29.8 Å². The molecule has 7 nitrogen and oxygen atoms in total. The molecule has 28 heavy (non-hydrogen) atoms. The van der Waals surface area contributed by atoms with Crippen molar-refractivity contribution in [2.24, 2.45) is 4.99 Å². The predicted molar refractivity (Wildman–Crippen MR) is 103 cm³/mol. The monoisotopic (exact) mass is 373 g/mol. The van der Waals surface area contributed by atoms with Crippen LogP contribution in [0.1, 0.15) is 32.9 Å². The molecular weight excluding hydrogens is 358 g/mol. The number of amides is 1. The van der Waals surface area contributed by atoms with Crippen LogP contribution in [0.4, 0.5) is 0 Å². The van der Waals surface area contributed by atoms with Crippen LogP contribution in [0.2, 0.25) is 0 Å². The molecule has 3 aromatic rings. The summed E-state index contributed by atoms with van der Waals surface area (Å²) in [6.45, 7) is 0. The molecule has 2 N–H and O–H groups in total. The number of aromatic amines is 1. The number of rotatable bonds is 4. The number of H-pyrrole nitrogens is 1. The van der Waals surface area contributed by atoms with E-state index in [1.807, 2.05) is 6.07 Å². The molecule has 1 aliphatic heterocycles. The Labute approximate surface area is 159 Å². The standard InChI is InChI=1S/C21H15N3O4/c25-18-9-8-14(12-22-18)21(27)24-17-11-15(19(23-17)16-7-4-10-28-16)20(26)13-5-2-1-3-6-13/h1-10,12H,11H2,(H,22,25)(H,23,24,27). The maximum Gasteiger partial charge on any atom is 0.258 e. The lowest BCUT2D eigenvalue weighted by atomic mass is 9.99. The van der Waals surface area contributed by atoms with E-state index in [-0.39, 0.29) is 23.3 Å². The number of nitrogens with zero attached hydrogens (tertiary/aromatic N) is 1. The van der Waals surface area contributed by atoms with Crippen LogP contribution in [0.15, 0.2) is 86.8 Å². The first kappa shape index (κ1) is 17.4. The second-order valence-electron chi connectivity index (χ2n) is 6.13. The number of benzene rings is 1. The lowest BCUT2D eigenvalue weighted by Gasteiger charge is -2.06. The van der Waals surface area contributed by atoms with E-state index in [0.29, 0.717) is 28.4 Å². The fourth-order valence-corrected chi connectivity index (χ4v) is 2.89. The smallest absolute Gasteiger partial charge is 0.258 e. The summed E-state index contributed by atoms with van der Waals surface area (Å²) in [5.41, 5.74) is 1.36. The summed E-state index contributed by atoms with van der Waals surface area (Å²) in [6, 6.07) is 15.0. The van der Waals surface area contributed by atoms with E-state index < -0.39 is 5.91 Å². The molecule has 7 heteroatoms. The number of hydrogen-bond donors (Lipinski definition) is 2. The molecule has 0 unspecified atom stereocenters. The van der Waals surface area contributed by atoms with Crippen molar-refractivity contribution in [1.82, 2.24) is 10.3 Å². The summed E-state index contributed by atoms with van der Waals surface area (Å²) in [7, 11) is 0. The highest BCUT2D eigenvalue weighted by Gasteiger charge is 2.28. The van der Waals surface area contributed by atoms with Gasteiger partial charge in [0.25, 0.3) is 5.91 Å². The van der Waals surface area contributed by atoms with E-state index >= 15 is 0 Å². The van der Waals surface area contributed by atoms with Gasteiger partial charge in [0.2, 0.25) is 5.56 Å². The number of ketones is 1. The van der Waals surface area contributed by atoms with Crippen LogP contribution < -0.4 is 10.9 Å². The molecule has 0 radical (unpaired) electrons. The maximum atomic E-state index is 13.0. The van der Waals surface area contributed by atoms with E-state index in [9.17, 15) is 14.4 Å². The zero-order chi connectivity index (χ0) is 19.5. The normalized spacial score (nSPS) is 13.4. The summed E-state index contributed by atoms with van der Waals surface area (Å²) < 4.78 is 5.42. The molecule has 0 atom stereocenters. The molecule has 1 aromatic carbocycles. The first-order valence-corrected chi connectivity index (χ1v) is 8.56. The number of pyridine rings is 1. The number of furan rings is 1. The van der Waals surface area contributed by atoms with Crippen LogP contribution >= 0.6 is 0 Å². The summed E-state index contributed by atoms with van der Waals surface area (Å²) >= 11 is 0. The number of aromatic nitrogens is 1. The van der Waals surface area contributed by atoms with Gasteiger partial charge >= 0.3 is 0 Å². The maximum absolute atomic E-state index is 13.0. The van der Waals surface area contributed by atoms with Crippen molar-refractivity contribution in [3.05, 3.63) is 99.9 Å². The summed E-state index contributed by atoms with van der Waals surface area (Å²) in [6.07, 6.45) is 2.99. The van der Waals surface area contributed by atoms with Crippen molar-refractivity contribution in [1.29, 1.82) is 0 Å². The molecule has 2 aromatic heterocycles. The highest BCUT2D eigenvalue weighted by atomic mass is 16.3. The van der Waals surface area contributed by atoms with Crippen molar-refractivity contribution < 1.29 is 14.0 Å². The number of aliphatic imine (C=N–C) groups is 1. The zero-order valence-corrected chi connectivity index (χ0v) is 14.6. The van der Waals surface area contributed by atoms with Crippen molar-refractivity contribution in [2.75, 3.05) is 0 Å². The largest absolute Gasteiger partial charge is 0.463 e. The van der Waals surface area contributed by atoms with E-state index in [1.54, 1.807) is 36.4 Å². The second kappa shape index (κ2) is 7.32. The summed E-state index contributed by atoms with van der Waals surface area (Å²) in [4.78, 5) is 43.4. The van der Waals surface area contributed by atoms with Crippen molar-refractivity contribution in [2.45, 2.75) is 6.42 Å². The van der Waals surface area contributed by atoms with Crippen LogP contribution in [0.3, 0.4) is 0 Å². The summed E-state index contributed by atoms with van der Waals surface area (Å²) in [5.74, 6) is 0.181. The Morgan fingerprint density at radius 2 is 1.82 bits per heavy atom. The molecular formula is C21H15N3O4. The number of hydrogen-bond acceptors (Lipinski definition) is 5. The third-order valence-electron chi connectivity index (χ3n) is 4.25. The molecule has 4 rings (SSSR count). The van der Waals surface area contributed by atoms with Gasteiger partial charge in [-0.1, -0.05) is 30.3 Å². The lowest BCUT2D eigenvalue weighted by Crippen LogP contribution is -2.30. The zero-order valence-electron chi connectivity index (χ0n) is 14.6. The van der Waals surface area contributed by atoms with Gasteiger partial charge in [0.1, 0.15) is 11.5 Å². The Hall–Kier alpha value is -4.00. The van der Waals surface area contributed by atoms with Gasteiger partial charge in [-0.3, -0.25) is 14.4 Å². The highest BCUT2D eigenvalue weighted by molar-refractivity contribution is 6.20. The van der Waals surface area contributed by atoms with E-state index in [2.05, 4.69) is 15.3 Å². The average molecular weight is 373 g/mol. The minimum absolute atomic E-state index is 0.166. The van der Waals surface area contributed by atoms with Crippen LogP contribution in [0, 0.1) is 0 Å². The van der Waals surface area contributed by atoms with Gasteiger partial charge in [-0.05, 0) is 18.2 Å². The number of carbonyl (C=O) groups excluding carboxylic acids is 2. The quantitative estimate of drug-likeness (QED) is 0.686. The molecule has 3 heterocycles. The van der Waals surface area contributed by atoms with Gasteiger partial charge in [0.05, 0.1) is 11.8 Å². The fraction of sp³-hybridized carbons (Fsp3) is 0.0476. The average Bonchev–Trinajstić information content (AvgIpc) is 3.38. The van der Waals surface area contributed by atoms with Gasteiger partial charge in [-0.25, -0.2) is 4.99 Å². The molecule has 1 aliphatic rings. The Morgan fingerprint density at radius 1 is 1.00 bits per heavy atom. The van der Waals surface area contributed by atoms with Crippen molar-refractivity contribution in [3.63, 3.8) is 0 Å². The fourth-order valence-electron chi connectivity index (χ4n) is 2.89. The van der Waals surface area contributed by atoms with E-state index in [4.69, 9.17) is 4.42 Å². The minimum Gasteiger partial charge on any atom is -0.463 e. The van der Waals surface area contributed by atoms with Gasteiger partial charge in [-0.2, -0.15) is 0 Å². The Balaban J connectivity index is 1.61. The van der Waals surface area contributed by atoms with Crippen LogP contribution in [0.25, 0.3) is 5.70 Å².